The second-order valence-electron chi connectivity index (χ2n) is 4.80. The maximum Gasteiger partial charge on any atom is 0.133 e. The first-order valence-corrected chi connectivity index (χ1v) is 7.69. The van der Waals surface area contributed by atoms with Crippen LogP contribution in [0.2, 0.25) is 0 Å². The summed E-state index contributed by atoms with van der Waals surface area (Å²) in [6, 6.07) is 6.77. The zero-order chi connectivity index (χ0) is 13.0. The van der Waals surface area contributed by atoms with Gasteiger partial charge in [-0.25, -0.2) is 0 Å². The highest BCUT2D eigenvalue weighted by molar-refractivity contribution is 9.10. The Hall–Kier alpha value is -0.250. The van der Waals surface area contributed by atoms with E-state index in [1.54, 1.807) is 7.11 Å². The highest BCUT2D eigenvalue weighted by Crippen LogP contribution is 2.28. The van der Waals surface area contributed by atoms with Crippen LogP contribution >= 0.6 is 27.5 Å². The smallest absolute Gasteiger partial charge is 0.133 e. The van der Waals surface area contributed by atoms with E-state index in [0.29, 0.717) is 12.0 Å². The second-order valence-corrected chi connectivity index (χ2v) is 5.96. The summed E-state index contributed by atoms with van der Waals surface area (Å²) in [6.45, 7) is 0.890. The average Bonchev–Trinajstić information content (AvgIpc) is 2.84. The van der Waals surface area contributed by atoms with Gasteiger partial charge in [0.15, 0.2) is 0 Å². The number of rotatable bonds is 5. The number of hydrogen-bond acceptors (Lipinski definition) is 2. The standard InChI is InChI=1S/C14H19BrClNO/c1-18-14-6-5-10(7-12(14)15)9-17-13-4-2-3-11(13)8-16/h5-7,11,13,17H,2-4,8-9H2,1H3. The predicted octanol–water partition coefficient (Wildman–Crippen LogP) is 3.95. The summed E-state index contributed by atoms with van der Waals surface area (Å²) in [6.07, 6.45) is 3.80. The van der Waals surface area contributed by atoms with Crippen molar-refractivity contribution in [3.05, 3.63) is 28.2 Å². The van der Waals surface area contributed by atoms with E-state index in [4.69, 9.17) is 16.3 Å². The molecule has 2 atom stereocenters. The molecule has 4 heteroatoms. The van der Waals surface area contributed by atoms with Gasteiger partial charge in [-0.15, -0.1) is 11.6 Å². The Bertz CT molecular complexity index is 399. The third-order valence-electron chi connectivity index (χ3n) is 3.64. The predicted molar refractivity (Wildman–Crippen MR) is 79.4 cm³/mol. The molecule has 1 fully saturated rings. The van der Waals surface area contributed by atoms with Crippen molar-refractivity contribution in [3.8, 4) is 5.75 Å². The minimum absolute atomic E-state index is 0.573. The van der Waals surface area contributed by atoms with Gasteiger partial charge in [0.25, 0.3) is 0 Å². The van der Waals surface area contributed by atoms with E-state index in [1.807, 2.05) is 6.07 Å². The third kappa shape index (κ3) is 3.40. The minimum atomic E-state index is 0.573. The van der Waals surface area contributed by atoms with Crippen molar-refractivity contribution in [2.75, 3.05) is 13.0 Å². The molecule has 100 valence electrons. The first-order chi connectivity index (χ1) is 8.74. The van der Waals surface area contributed by atoms with Gasteiger partial charge in [-0.3, -0.25) is 0 Å². The Morgan fingerprint density at radius 1 is 1.44 bits per heavy atom. The van der Waals surface area contributed by atoms with E-state index in [9.17, 15) is 0 Å². The Morgan fingerprint density at radius 2 is 2.28 bits per heavy atom. The summed E-state index contributed by atoms with van der Waals surface area (Å²) < 4.78 is 6.23. The van der Waals surface area contributed by atoms with Crippen molar-refractivity contribution in [1.29, 1.82) is 0 Å². The summed E-state index contributed by atoms with van der Waals surface area (Å²) in [4.78, 5) is 0. The molecule has 0 amide bonds. The number of halogens is 2. The first-order valence-electron chi connectivity index (χ1n) is 6.36. The molecule has 0 spiro atoms. The normalized spacial score (nSPS) is 23.3. The fraction of sp³-hybridized carbons (Fsp3) is 0.571. The Kier molecular flexibility index (Phi) is 5.34. The number of methoxy groups -OCH3 is 1. The van der Waals surface area contributed by atoms with Crippen molar-refractivity contribution in [2.45, 2.75) is 31.8 Å². The Balaban J connectivity index is 1.92. The fourth-order valence-electron chi connectivity index (χ4n) is 2.56. The van der Waals surface area contributed by atoms with Gasteiger partial charge in [-0.05, 0) is 52.4 Å². The van der Waals surface area contributed by atoms with Crippen LogP contribution < -0.4 is 10.1 Å². The van der Waals surface area contributed by atoms with Crippen LogP contribution in [-0.4, -0.2) is 19.0 Å². The van der Waals surface area contributed by atoms with Gasteiger partial charge in [0.05, 0.1) is 11.6 Å². The van der Waals surface area contributed by atoms with Crippen molar-refractivity contribution in [3.63, 3.8) is 0 Å². The lowest BCUT2D eigenvalue weighted by molar-refractivity contribution is 0.411. The van der Waals surface area contributed by atoms with Crippen LogP contribution in [-0.2, 0) is 6.54 Å². The number of benzene rings is 1. The van der Waals surface area contributed by atoms with Gasteiger partial charge in [0, 0.05) is 18.5 Å². The maximum atomic E-state index is 5.99. The van der Waals surface area contributed by atoms with Gasteiger partial charge in [-0.2, -0.15) is 0 Å². The monoisotopic (exact) mass is 331 g/mol. The molecule has 1 aromatic carbocycles. The molecule has 0 aliphatic heterocycles. The zero-order valence-corrected chi connectivity index (χ0v) is 12.9. The number of alkyl halides is 1. The molecule has 1 N–H and O–H groups in total. The summed E-state index contributed by atoms with van der Waals surface area (Å²) in [5.41, 5.74) is 1.27. The highest BCUT2D eigenvalue weighted by atomic mass is 79.9. The third-order valence-corrected chi connectivity index (χ3v) is 4.66. The summed E-state index contributed by atoms with van der Waals surface area (Å²) in [7, 11) is 1.68. The molecule has 18 heavy (non-hydrogen) atoms. The molecule has 0 radical (unpaired) electrons. The Morgan fingerprint density at radius 3 is 2.94 bits per heavy atom. The van der Waals surface area contributed by atoms with Crippen LogP contribution in [0.3, 0.4) is 0 Å². The maximum absolute atomic E-state index is 5.99. The van der Waals surface area contributed by atoms with E-state index in [1.165, 1.54) is 24.8 Å². The highest BCUT2D eigenvalue weighted by Gasteiger charge is 2.25. The molecule has 0 aromatic heterocycles. The van der Waals surface area contributed by atoms with Crippen LogP contribution in [0.15, 0.2) is 22.7 Å². The van der Waals surface area contributed by atoms with Gasteiger partial charge >= 0.3 is 0 Å². The van der Waals surface area contributed by atoms with E-state index in [-0.39, 0.29) is 0 Å². The van der Waals surface area contributed by atoms with Crippen molar-refractivity contribution < 1.29 is 4.74 Å². The van der Waals surface area contributed by atoms with E-state index in [2.05, 4.69) is 33.4 Å². The molecule has 2 rings (SSSR count). The molecule has 0 heterocycles. The Labute approximate surface area is 122 Å². The van der Waals surface area contributed by atoms with Gasteiger partial charge in [-0.1, -0.05) is 12.5 Å². The number of hydrogen-bond donors (Lipinski definition) is 1. The van der Waals surface area contributed by atoms with Crippen LogP contribution in [0, 0.1) is 5.92 Å². The SMILES string of the molecule is COc1ccc(CNC2CCCC2CCl)cc1Br. The van der Waals surface area contributed by atoms with Gasteiger partial charge in [0.2, 0.25) is 0 Å². The molecule has 1 saturated carbocycles. The molecule has 1 aromatic rings. The lowest BCUT2D eigenvalue weighted by Gasteiger charge is -2.19. The minimum Gasteiger partial charge on any atom is -0.496 e. The average molecular weight is 333 g/mol. The quantitative estimate of drug-likeness (QED) is 0.824. The lowest BCUT2D eigenvalue weighted by Crippen LogP contribution is -2.32. The number of ether oxygens (including phenoxy) is 1. The summed E-state index contributed by atoms with van der Waals surface area (Å²) >= 11 is 9.50. The molecule has 2 nitrogen and oxygen atoms in total. The van der Waals surface area contributed by atoms with Crippen LogP contribution in [0.1, 0.15) is 24.8 Å². The molecule has 2 unspecified atom stereocenters. The van der Waals surface area contributed by atoms with Gasteiger partial charge < -0.3 is 10.1 Å². The molecular formula is C14H19BrClNO. The van der Waals surface area contributed by atoms with Gasteiger partial charge in [0.1, 0.15) is 5.75 Å². The largest absolute Gasteiger partial charge is 0.496 e. The van der Waals surface area contributed by atoms with Crippen molar-refractivity contribution in [1.82, 2.24) is 5.32 Å². The van der Waals surface area contributed by atoms with Crippen molar-refractivity contribution >= 4 is 27.5 Å². The second kappa shape index (κ2) is 6.78. The topological polar surface area (TPSA) is 21.3 Å². The fourth-order valence-corrected chi connectivity index (χ4v) is 3.52. The zero-order valence-electron chi connectivity index (χ0n) is 10.6. The van der Waals surface area contributed by atoms with Crippen molar-refractivity contribution in [2.24, 2.45) is 5.92 Å². The summed E-state index contributed by atoms with van der Waals surface area (Å²) in [5.74, 6) is 2.27. The molecule has 0 saturated heterocycles. The van der Waals surface area contributed by atoms with E-state index >= 15 is 0 Å². The number of nitrogens with one attached hydrogen (secondary N) is 1. The molecule has 1 aliphatic carbocycles. The van der Waals surface area contributed by atoms with Crippen LogP contribution in [0.5, 0.6) is 5.75 Å². The molecule has 1 aliphatic rings. The summed E-state index contributed by atoms with van der Waals surface area (Å²) in [5, 5.41) is 3.62. The van der Waals surface area contributed by atoms with E-state index < -0.39 is 0 Å². The molecule has 0 bridgehead atoms. The van der Waals surface area contributed by atoms with E-state index in [0.717, 1.165) is 22.6 Å². The van der Waals surface area contributed by atoms with Crippen LogP contribution in [0.25, 0.3) is 0 Å². The van der Waals surface area contributed by atoms with Crippen LogP contribution in [0.4, 0.5) is 0 Å². The molecular weight excluding hydrogens is 314 g/mol. The lowest BCUT2D eigenvalue weighted by atomic mass is 10.1. The first kappa shape index (κ1) is 14.2.